The Morgan fingerprint density at radius 1 is 1.38 bits per heavy atom. The number of aryl methyl sites for hydroxylation is 1. The molecule has 0 aliphatic heterocycles. The Bertz CT molecular complexity index is 328. The summed E-state index contributed by atoms with van der Waals surface area (Å²) in [7, 11) is 1.93. The first-order chi connectivity index (χ1) is 7.57. The van der Waals surface area contributed by atoms with Crippen LogP contribution in [0.25, 0.3) is 0 Å². The number of hydrogen-bond acceptors (Lipinski definition) is 3. The molecule has 1 heterocycles. The Kier molecular flexibility index (Phi) is 4.65. The number of nitrogen functional groups attached to an aromatic ring is 1. The molecule has 1 aromatic heterocycles. The van der Waals surface area contributed by atoms with Gasteiger partial charge in [0.15, 0.2) is 0 Å². The minimum absolute atomic E-state index is 0.373. The van der Waals surface area contributed by atoms with Crippen molar-refractivity contribution in [2.75, 3.05) is 17.6 Å². The van der Waals surface area contributed by atoms with Crippen molar-refractivity contribution in [2.45, 2.75) is 46.0 Å². The van der Waals surface area contributed by atoms with Gasteiger partial charge >= 0.3 is 0 Å². The molecule has 16 heavy (non-hydrogen) atoms. The Morgan fingerprint density at radius 3 is 2.56 bits per heavy atom. The van der Waals surface area contributed by atoms with Gasteiger partial charge in [-0.25, -0.2) is 0 Å². The van der Waals surface area contributed by atoms with Crippen molar-refractivity contribution in [1.82, 2.24) is 9.78 Å². The number of aromatic nitrogens is 2. The predicted octanol–water partition coefficient (Wildman–Crippen LogP) is 2.73. The molecule has 3 N–H and O–H groups in total. The lowest BCUT2D eigenvalue weighted by Crippen LogP contribution is -2.07. The maximum absolute atomic E-state index is 6.07. The van der Waals surface area contributed by atoms with E-state index < -0.39 is 0 Å². The molecule has 0 spiro atoms. The van der Waals surface area contributed by atoms with Gasteiger partial charge < -0.3 is 11.1 Å². The van der Waals surface area contributed by atoms with Crippen LogP contribution in [0.1, 0.15) is 51.6 Å². The average Bonchev–Trinajstić information content (AvgIpc) is 2.51. The summed E-state index contributed by atoms with van der Waals surface area (Å²) in [5.41, 5.74) is 7.86. The van der Waals surface area contributed by atoms with Gasteiger partial charge in [-0.05, 0) is 12.3 Å². The zero-order valence-corrected chi connectivity index (χ0v) is 10.9. The Balaban J connectivity index is 2.65. The molecule has 0 atom stereocenters. The largest absolute Gasteiger partial charge is 0.394 e. The molecule has 92 valence electrons. The molecule has 0 unspecified atom stereocenters. The Hall–Kier alpha value is -1.19. The first-order valence-corrected chi connectivity index (χ1v) is 6.14. The lowest BCUT2D eigenvalue weighted by Gasteiger charge is -2.07. The van der Waals surface area contributed by atoms with E-state index in [4.69, 9.17) is 5.73 Å². The minimum atomic E-state index is 0.373. The van der Waals surface area contributed by atoms with Crippen molar-refractivity contribution in [2.24, 2.45) is 7.05 Å². The van der Waals surface area contributed by atoms with Crippen molar-refractivity contribution in [1.29, 1.82) is 0 Å². The van der Waals surface area contributed by atoms with Gasteiger partial charge in [0.1, 0.15) is 5.82 Å². The van der Waals surface area contributed by atoms with Crippen LogP contribution in [-0.4, -0.2) is 16.3 Å². The number of nitrogens with two attached hydrogens (primary N) is 1. The quantitative estimate of drug-likeness (QED) is 0.730. The molecule has 0 radical (unpaired) electrons. The highest BCUT2D eigenvalue weighted by atomic mass is 15.3. The fourth-order valence-electron chi connectivity index (χ4n) is 1.78. The Labute approximate surface area is 98.2 Å². The van der Waals surface area contributed by atoms with Crippen LogP contribution in [0.4, 0.5) is 11.5 Å². The van der Waals surface area contributed by atoms with Crippen LogP contribution in [0, 0.1) is 0 Å². The standard InChI is InChI=1S/C12H24N4/c1-5-6-7-8-14-12-10(13)11(9(2)3)15-16(12)4/h9,14H,5-8,13H2,1-4H3. The molecule has 0 saturated heterocycles. The third kappa shape index (κ3) is 2.90. The maximum Gasteiger partial charge on any atom is 0.147 e. The van der Waals surface area contributed by atoms with Crippen LogP contribution in [0.5, 0.6) is 0 Å². The summed E-state index contributed by atoms with van der Waals surface area (Å²) in [6.45, 7) is 7.39. The summed E-state index contributed by atoms with van der Waals surface area (Å²) in [4.78, 5) is 0. The molecule has 1 aromatic rings. The molecule has 4 nitrogen and oxygen atoms in total. The number of nitrogens with one attached hydrogen (secondary N) is 1. The maximum atomic E-state index is 6.07. The molecule has 0 aromatic carbocycles. The lowest BCUT2D eigenvalue weighted by atomic mass is 10.1. The first kappa shape index (κ1) is 12.9. The molecule has 1 rings (SSSR count). The summed E-state index contributed by atoms with van der Waals surface area (Å²) in [5.74, 6) is 1.33. The molecule has 0 amide bonds. The SMILES string of the molecule is CCCCCNc1c(N)c(C(C)C)nn1C. The van der Waals surface area contributed by atoms with Crippen LogP contribution in [0.3, 0.4) is 0 Å². The van der Waals surface area contributed by atoms with Crippen molar-refractivity contribution in [3.63, 3.8) is 0 Å². The van der Waals surface area contributed by atoms with E-state index in [-0.39, 0.29) is 0 Å². The van der Waals surface area contributed by atoms with Gasteiger partial charge in [-0.2, -0.15) is 5.10 Å². The zero-order valence-electron chi connectivity index (χ0n) is 10.9. The Morgan fingerprint density at radius 2 is 2.06 bits per heavy atom. The molecule has 4 heteroatoms. The van der Waals surface area contributed by atoms with Crippen LogP contribution in [-0.2, 0) is 7.05 Å². The minimum Gasteiger partial charge on any atom is -0.394 e. The summed E-state index contributed by atoms with van der Waals surface area (Å²) < 4.78 is 1.84. The summed E-state index contributed by atoms with van der Waals surface area (Å²) in [5, 5.41) is 7.80. The molecule has 0 aliphatic rings. The van der Waals surface area contributed by atoms with Gasteiger partial charge in [-0.3, -0.25) is 4.68 Å². The van der Waals surface area contributed by atoms with E-state index in [9.17, 15) is 0 Å². The zero-order chi connectivity index (χ0) is 12.1. The highest BCUT2D eigenvalue weighted by Crippen LogP contribution is 2.27. The fraction of sp³-hybridized carbons (Fsp3) is 0.750. The van der Waals surface area contributed by atoms with Gasteiger partial charge in [-0.1, -0.05) is 33.6 Å². The average molecular weight is 224 g/mol. The predicted molar refractivity (Wildman–Crippen MR) is 69.7 cm³/mol. The molecule has 0 aliphatic carbocycles. The van der Waals surface area contributed by atoms with E-state index in [0.717, 1.165) is 23.7 Å². The van der Waals surface area contributed by atoms with Gasteiger partial charge in [-0.15, -0.1) is 0 Å². The number of hydrogen-bond donors (Lipinski definition) is 2. The van der Waals surface area contributed by atoms with E-state index in [2.05, 4.69) is 31.2 Å². The highest BCUT2D eigenvalue weighted by molar-refractivity contribution is 5.65. The number of rotatable bonds is 6. The van der Waals surface area contributed by atoms with E-state index in [1.807, 2.05) is 11.7 Å². The fourth-order valence-corrected chi connectivity index (χ4v) is 1.78. The molecule has 0 saturated carbocycles. The highest BCUT2D eigenvalue weighted by Gasteiger charge is 2.14. The third-order valence-electron chi connectivity index (χ3n) is 2.73. The van der Waals surface area contributed by atoms with E-state index in [1.165, 1.54) is 19.3 Å². The second-order valence-electron chi connectivity index (χ2n) is 4.56. The van der Waals surface area contributed by atoms with Crippen molar-refractivity contribution < 1.29 is 0 Å². The van der Waals surface area contributed by atoms with E-state index in [0.29, 0.717) is 5.92 Å². The number of nitrogens with zero attached hydrogens (tertiary/aromatic N) is 2. The normalized spacial score (nSPS) is 11.1. The summed E-state index contributed by atoms with van der Waals surface area (Å²) in [6, 6.07) is 0. The number of unbranched alkanes of at least 4 members (excludes halogenated alkanes) is 2. The van der Waals surface area contributed by atoms with Crippen LogP contribution in [0.15, 0.2) is 0 Å². The summed E-state index contributed by atoms with van der Waals surface area (Å²) in [6.07, 6.45) is 3.67. The molecule has 0 fully saturated rings. The van der Waals surface area contributed by atoms with Crippen molar-refractivity contribution in [3.8, 4) is 0 Å². The van der Waals surface area contributed by atoms with Gasteiger partial charge in [0.25, 0.3) is 0 Å². The summed E-state index contributed by atoms with van der Waals surface area (Å²) >= 11 is 0. The molecular formula is C12H24N4. The third-order valence-corrected chi connectivity index (χ3v) is 2.73. The van der Waals surface area contributed by atoms with Crippen LogP contribution >= 0.6 is 0 Å². The first-order valence-electron chi connectivity index (χ1n) is 6.14. The second kappa shape index (κ2) is 5.77. The van der Waals surface area contributed by atoms with Gasteiger partial charge in [0.2, 0.25) is 0 Å². The molecular weight excluding hydrogens is 200 g/mol. The van der Waals surface area contributed by atoms with Crippen molar-refractivity contribution >= 4 is 11.5 Å². The van der Waals surface area contributed by atoms with Gasteiger partial charge in [0.05, 0.1) is 11.4 Å². The lowest BCUT2D eigenvalue weighted by molar-refractivity contribution is 0.705. The van der Waals surface area contributed by atoms with Crippen LogP contribution < -0.4 is 11.1 Å². The second-order valence-corrected chi connectivity index (χ2v) is 4.56. The topological polar surface area (TPSA) is 55.9 Å². The van der Waals surface area contributed by atoms with Gasteiger partial charge in [0, 0.05) is 13.6 Å². The molecule has 0 bridgehead atoms. The van der Waals surface area contributed by atoms with Crippen LogP contribution in [0.2, 0.25) is 0 Å². The monoisotopic (exact) mass is 224 g/mol. The van der Waals surface area contributed by atoms with E-state index in [1.54, 1.807) is 0 Å². The van der Waals surface area contributed by atoms with Crippen molar-refractivity contribution in [3.05, 3.63) is 5.69 Å². The number of anilines is 2. The van der Waals surface area contributed by atoms with E-state index >= 15 is 0 Å². The smallest absolute Gasteiger partial charge is 0.147 e.